The van der Waals surface area contributed by atoms with Gasteiger partial charge in [0.2, 0.25) is 0 Å². The van der Waals surface area contributed by atoms with Crippen molar-refractivity contribution in [3.8, 4) is 5.75 Å². The second-order valence-corrected chi connectivity index (χ2v) is 9.87. The third-order valence-corrected chi connectivity index (χ3v) is 7.15. The molecule has 1 heterocycles. The van der Waals surface area contributed by atoms with Gasteiger partial charge in [-0.15, -0.1) is 0 Å². The first-order valence-corrected chi connectivity index (χ1v) is 13.0. The fourth-order valence-corrected chi connectivity index (χ4v) is 4.91. The highest BCUT2D eigenvalue weighted by Crippen LogP contribution is 2.38. The molecule has 7 nitrogen and oxygen atoms in total. The van der Waals surface area contributed by atoms with Crippen LogP contribution in [-0.2, 0) is 9.59 Å². The Labute approximate surface area is 230 Å². The standard InChI is InChI=1S/C31H25N3O4S/c1-20-8-14-24(15-9-20)34-30(36)27(32-22-6-4-3-5-7-22)28(31(34)37)39-26-18-12-23(13-19-26)33-29(35)21-10-16-25(38-2)17-11-21/h3-19,32H,1-2H3,(H,33,35). The lowest BCUT2D eigenvalue weighted by atomic mass is 10.2. The lowest BCUT2D eigenvalue weighted by Crippen LogP contribution is -2.32. The van der Waals surface area contributed by atoms with Crippen LogP contribution < -0.4 is 20.3 Å². The van der Waals surface area contributed by atoms with Gasteiger partial charge in [0.05, 0.1) is 12.8 Å². The minimum Gasteiger partial charge on any atom is -0.497 e. The van der Waals surface area contributed by atoms with Crippen LogP contribution in [0.1, 0.15) is 15.9 Å². The topological polar surface area (TPSA) is 87.7 Å². The summed E-state index contributed by atoms with van der Waals surface area (Å²) in [6.45, 7) is 1.95. The fraction of sp³-hybridized carbons (Fsp3) is 0.0645. The van der Waals surface area contributed by atoms with Crippen molar-refractivity contribution in [2.75, 3.05) is 22.6 Å². The molecule has 4 aromatic carbocycles. The molecule has 194 valence electrons. The van der Waals surface area contributed by atoms with E-state index in [1.165, 1.54) is 16.7 Å². The molecule has 0 unspecified atom stereocenters. The Morgan fingerprint density at radius 3 is 2.08 bits per heavy atom. The Morgan fingerprint density at radius 1 is 0.769 bits per heavy atom. The second kappa shape index (κ2) is 11.3. The number of hydrogen-bond acceptors (Lipinski definition) is 6. The first-order chi connectivity index (χ1) is 18.9. The molecule has 0 fully saturated rings. The van der Waals surface area contributed by atoms with Crippen molar-refractivity contribution in [2.24, 2.45) is 0 Å². The lowest BCUT2D eigenvalue weighted by Gasteiger charge is -2.15. The number of aryl methyl sites for hydroxylation is 1. The van der Waals surface area contributed by atoms with Crippen molar-refractivity contribution in [3.63, 3.8) is 0 Å². The van der Waals surface area contributed by atoms with Crippen LogP contribution in [0, 0.1) is 6.92 Å². The van der Waals surface area contributed by atoms with E-state index in [4.69, 9.17) is 4.74 Å². The fourth-order valence-electron chi connectivity index (χ4n) is 3.98. The molecule has 0 aliphatic carbocycles. The van der Waals surface area contributed by atoms with Gasteiger partial charge in [-0.25, -0.2) is 4.90 Å². The van der Waals surface area contributed by atoms with E-state index in [-0.39, 0.29) is 11.6 Å². The predicted octanol–water partition coefficient (Wildman–Crippen LogP) is 6.25. The highest BCUT2D eigenvalue weighted by atomic mass is 32.2. The van der Waals surface area contributed by atoms with E-state index in [0.29, 0.717) is 33.3 Å². The average Bonchev–Trinajstić information content (AvgIpc) is 3.19. The zero-order valence-corrected chi connectivity index (χ0v) is 22.1. The number of nitrogens with one attached hydrogen (secondary N) is 2. The summed E-state index contributed by atoms with van der Waals surface area (Å²) in [5.74, 6) is -0.396. The number of nitrogens with zero attached hydrogens (tertiary/aromatic N) is 1. The predicted molar refractivity (Wildman–Crippen MR) is 154 cm³/mol. The maximum Gasteiger partial charge on any atom is 0.283 e. The van der Waals surface area contributed by atoms with Crippen LogP contribution in [-0.4, -0.2) is 24.8 Å². The van der Waals surface area contributed by atoms with Gasteiger partial charge < -0.3 is 15.4 Å². The van der Waals surface area contributed by atoms with Gasteiger partial charge in [0.1, 0.15) is 16.4 Å². The molecular formula is C31H25N3O4S. The smallest absolute Gasteiger partial charge is 0.283 e. The van der Waals surface area contributed by atoms with Gasteiger partial charge in [0.15, 0.2) is 0 Å². The van der Waals surface area contributed by atoms with Crippen LogP contribution in [0.3, 0.4) is 0 Å². The molecule has 5 rings (SSSR count). The molecule has 1 aliphatic rings. The molecule has 0 bridgehead atoms. The summed E-state index contributed by atoms with van der Waals surface area (Å²) in [7, 11) is 1.57. The molecular weight excluding hydrogens is 510 g/mol. The maximum atomic E-state index is 13.5. The maximum absolute atomic E-state index is 13.5. The van der Waals surface area contributed by atoms with Crippen molar-refractivity contribution in [1.29, 1.82) is 0 Å². The minimum absolute atomic E-state index is 0.216. The van der Waals surface area contributed by atoms with Crippen molar-refractivity contribution in [1.82, 2.24) is 0 Å². The summed E-state index contributed by atoms with van der Waals surface area (Å²) >= 11 is 1.20. The number of hydrogen-bond donors (Lipinski definition) is 2. The molecule has 39 heavy (non-hydrogen) atoms. The quantitative estimate of drug-likeness (QED) is 0.260. The summed E-state index contributed by atoms with van der Waals surface area (Å²) in [5.41, 5.74) is 3.56. The number of carbonyl (C=O) groups is 3. The normalized spacial score (nSPS) is 13.0. The number of para-hydroxylation sites is 1. The third kappa shape index (κ3) is 5.71. The first-order valence-electron chi connectivity index (χ1n) is 12.2. The number of methoxy groups -OCH3 is 1. The SMILES string of the molecule is COc1ccc(C(=O)Nc2ccc(SC3=C(Nc4ccccc4)C(=O)N(c4ccc(C)cc4)C3=O)cc2)cc1. The second-order valence-electron chi connectivity index (χ2n) is 8.79. The molecule has 2 N–H and O–H groups in total. The van der Waals surface area contributed by atoms with E-state index in [1.54, 1.807) is 67.8 Å². The highest BCUT2D eigenvalue weighted by molar-refractivity contribution is 8.04. The summed E-state index contributed by atoms with van der Waals surface area (Å²) in [5, 5.41) is 6.01. The number of imide groups is 1. The van der Waals surface area contributed by atoms with Gasteiger partial charge in [-0.1, -0.05) is 47.7 Å². The molecule has 8 heteroatoms. The first kappa shape index (κ1) is 25.8. The van der Waals surface area contributed by atoms with Crippen LogP contribution in [0.5, 0.6) is 5.75 Å². The summed E-state index contributed by atoms with van der Waals surface area (Å²) in [6.07, 6.45) is 0. The Bertz CT molecular complexity index is 1550. The van der Waals surface area contributed by atoms with Crippen LogP contribution in [0.4, 0.5) is 17.1 Å². The molecule has 4 aromatic rings. The monoisotopic (exact) mass is 535 g/mol. The molecule has 1 aliphatic heterocycles. The van der Waals surface area contributed by atoms with E-state index in [0.717, 1.165) is 10.5 Å². The van der Waals surface area contributed by atoms with Gasteiger partial charge in [-0.3, -0.25) is 14.4 Å². The van der Waals surface area contributed by atoms with Crippen LogP contribution >= 0.6 is 11.8 Å². The van der Waals surface area contributed by atoms with Gasteiger partial charge in [-0.05, 0) is 79.7 Å². The Morgan fingerprint density at radius 2 is 1.44 bits per heavy atom. The van der Waals surface area contributed by atoms with E-state index in [1.807, 2.05) is 49.4 Å². The van der Waals surface area contributed by atoms with E-state index in [9.17, 15) is 14.4 Å². The molecule has 0 saturated heterocycles. The number of anilines is 3. The largest absolute Gasteiger partial charge is 0.497 e. The average molecular weight is 536 g/mol. The van der Waals surface area contributed by atoms with Gasteiger partial charge >= 0.3 is 0 Å². The van der Waals surface area contributed by atoms with Crippen LogP contribution in [0.15, 0.2) is 119 Å². The molecule has 3 amide bonds. The molecule has 0 atom stereocenters. The summed E-state index contributed by atoms with van der Waals surface area (Å²) in [4.78, 5) is 41.8. The van der Waals surface area contributed by atoms with Crippen molar-refractivity contribution in [3.05, 3.63) is 125 Å². The zero-order chi connectivity index (χ0) is 27.4. The summed E-state index contributed by atoms with van der Waals surface area (Å²) < 4.78 is 5.14. The Hall–Kier alpha value is -4.82. The zero-order valence-electron chi connectivity index (χ0n) is 21.3. The van der Waals surface area contributed by atoms with Crippen molar-refractivity contribution in [2.45, 2.75) is 11.8 Å². The summed E-state index contributed by atoms with van der Waals surface area (Å²) in [6, 6.07) is 30.5. The van der Waals surface area contributed by atoms with E-state index in [2.05, 4.69) is 10.6 Å². The van der Waals surface area contributed by atoms with Crippen LogP contribution in [0.25, 0.3) is 0 Å². The lowest BCUT2D eigenvalue weighted by molar-refractivity contribution is -0.120. The van der Waals surface area contributed by atoms with E-state index >= 15 is 0 Å². The Balaban J connectivity index is 1.37. The number of thioether (sulfide) groups is 1. The number of rotatable bonds is 8. The molecule has 0 saturated carbocycles. The highest BCUT2D eigenvalue weighted by Gasteiger charge is 2.40. The van der Waals surface area contributed by atoms with Crippen LogP contribution in [0.2, 0.25) is 0 Å². The number of ether oxygens (including phenoxy) is 1. The molecule has 0 aromatic heterocycles. The molecule has 0 radical (unpaired) electrons. The van der Waals surface area contributed by atoms with Gasteiger partial charge in [0, 0.05) is 21.8 Å². The number of amides is 3. The van der Waals surface area contributed by atoms with Crippen molar-refractivity contribution >= 4 is 46.5 Å². The number of benzene rings is 4. The van der Waals surface area contributed by atoms with E-state index < -0.39 is 11.8 Å². The third-order valence-electron chi connectivity index (χ3n) is 6.06. The number of carbonyl (C=O) groups excluding carboxylic acids is 3. The van der Waals surface area contributed by atoms with Gasteiger partial charge in [-0.2, -0.15) is 0 Å². The molecule has 0 spiro atoms. The Kier molecular flexibility index (Phi) is 7.47. The minimum atomic E-state index is -0.418. The van der Waals surface area contributed by atoms with Gasteiger partial charge in [0.25, 0.3) is 17.7 Å². The van der Waals surface area contributed by atoms with Crippen molar-refractivity contribution < 1.29 is 19.1 Å².